The summed E-state index contributed by atoms with van der Waals surface area (Å²) in [5.41, 5.74) is 2.12. The lowest BCUT2D eigenvalue weighted by Gasteiger charge is -2.01. The Hall–Kier alpha value is -2.13. The lowest BCUT2D eigenvalue weighted by atomic mass is 10.1. The lowest BCUT2D eigenvalue weighted by Crippen LogP contribution is -2.12. The van der Waals surface area contributed by atoms with E-state index in [2.05, 4.69) is 23.3 Å². The van der Waals surface area contributed by atoms with Crippen molar-refractivity contribution in [3.05, 3.63) is 29.8 Å². The van der Waals surface area contributed by atoms with Crippen LogP contribution in [0.4, 0.5) is 5.69 Å². The molecule has 102 valence electrons. The number of thioether (sulfide) groups is 1. The van der Waals surface area contributed by atoms with Gasteiger partial charge in [0.05, 0.1) is 5.69 Å². The van der Waals surface area contributed by atoms with Crippen molar-refractivity contribution in [2.24, 2.45) is 4.99 Å². The zero-order valence-electron chi connectivity index (χ0n) is 11.0. The summed E-state index contributed by atoms with van der Waals surface area (Å²) in [6, 6.07) is 7.99. The van der Waals surface area contributed by atoms with Crippen LogP contribution in [-0.4, -0.2) is 25.0 Å². The number of rotatable bonds is 2. The SMILES string of the molecule is C=O.C=O.CCc1cccc(N=C(NC#N)SC)c1. The molecular weight excluding hydrogens is 262 g/mol. The van der Waals surface area contributed by atoms with Crippen LogP contribution in [0.15, 0.2) is 29.3 Å². The van der Waals surface area contributed by atoms with Gasteiger partial charge in [-0.15, -0.1) is 0 Å². The molecule has 19 heavy (non-hydrogen) atoms. The van der Waals surface area contributed by atoms with Crippen molar-refractivity contribution in [1.82, 2.24) is 5.32 Å². The molecular formula is C13H17N3O2S. The third-order valence-electron chi connectivity index (χ3n) is 1.91. The summed E-state index contributed by atoms with van der Waals surface area (Å²) in [6.45, 7) is 6.10. The first-order valence-corrected chi connectivity index (χ1v) is 6.47. The largest absolute Gasteiger partial charge is 0.307 e. The number of benzene rings is 1. The Morgan fingerprint density at radius 3 is 2.53 bits per heavy atom. The van der Waals surface area contributed by atoms with Crippen molar-refractivity contribution < 1.29 is 9.59 Å². The minimum absolute atomic E-state index is 0.616. The zero-order valence-corrected chi connectivity index (χ0v) is 11.9. The summed E-state index contributed by atoms with van der Waals surface area (Å²) in [6.07, 6.45) is 4.74. The molecule has 0 unspecified atom stereocenters. The Balaban J connectivity index is 0. The summed E-state index contributed by atoms with van der Waals surface area (Å²) in [4.78, 5) is 20.3. The van der Waals surface area contributed by atoms with Crippen LogP contribution in [0.1, 0.15) is 12.5 Å². The van der Waals surface area contributed by atoms with Crippen LogP contribution in [0, 0.1) is 11.5 Å². The number of carbonyl (C=O) groups excluding carboxylic acids is 2. The van der Waals surface area contributed by atoms with Gasteiger partial charge in [0.15, 0.2) is 11.4 Å². The van der Waals surface area contributed by atoms with Crippen molar-refractivity contribution in [2.45, 2.75) is 13.3 Å². The highest BCUT2D eigenvalue weighted by Gasteiger charge is 1.96. The molecule has 0 bridgehead atoms. The van der Waals surface area contributed by atoms with E-state index >= 15 is 0 Å². The first kappa shape index (κ1) is 19.2. The minimum atomic E-state index is 0.616. The van der Waals surface area contributed by atoms with Gasteiger partial charge < -0.3 is 9.59 Å². The number of amidine groups is 1. The van der Waals surface area contributed by atoms with Crippen molar-refractivity contribution >= 4 is 36.2 Å². The van der Waals surface area contributed by atoms with Gasteiger partial charge in [0.25, 0.3) is 0 Å². The summed E-state index contributed by atoms with van der Waals surface area (Å²) >= 11 is 1.42. The van der Waals surface area contributed by atoms with E-state index in [1.54, 1.807) is 0 Å². The molecule has 0 aliphatic rings. The first-order valence-electron chi connectivity index (χ1n) is 5.24. The molecule has 0 aliphatic carbocycles. The number of nitrogens with one attached hydrogen (secondary N) is 1. The number of carbonyl (C=O) groups is 2. The maximum Gasteiger partial charge on any atom is 0.183 e. The summed E-state index contributed by atoms with van der Waals surface area (Å²) in [5.74, 6) is 0. The van der Waals surface area contributed by atoms with Crippen LogP contribution in [-0.2, 0) is 16.0 Å². The van der Waals surface area contributed by atoms with Gasteiger partial charge in [-0.3, -0.25) is 5.32 Å². The van der Waals surface area contributed by atoms with Crippen molar-refractivity contribution in [2.75, 3.05) is 6.26 Å². The van der Waals surface area contributed by atoms with E-state index in [-0.39, 0.29) is 0 Å². The Bertz CT molecular complexity index is 428. The van der Waals surface area contributed by atoms with E-state index in [0.29, 0.717) is 5.17 Å². The highest BCUT2D eigenvalue weighted by molar-refractivity contribution is 8.13. The fraction of sp³-hybridized carbons (Fsp3) is 0.231. The number of hydrogen-bond acceptors (Lipinski definition) is 5. The van der Waals surface area contributed by atoms with Gasteiger partial charge in [-0.05, 0) is 30.4 Å². The molecule has 1 aromatic carbocycles. The molecule has 0 saturated heterocycles. The van der Waals surface area contributed by atoms with Crippen LogP contribution in [0.3, 0.4) is 0 Å². The van der Waals surface area contributed by atoms with Crippen LogP contribution >= 0.6 is 11.8 Å². The normalized spacial score (nSPS) is 9.00. The predicted molar refractivity (Wildman–Crippen MR) is 79.4 cm³/mol. The molecule has 0 radical (unpaired) electrons. The second-order valence-electron chi connectivity index (χ2n) is 2.88. The van der Waals surface area contributed by atoms with Gasteiger partial charge in [0, 0.05) is 0 Å². The fourth-order valence-electron chi connectivity index (χ4n) is 1.14. The van der Waals surface area contributed by atoms with E-state index < -0.39 is 0 Å². The highest BCUT2D eigenvalue weighted by Crippen LogP contribution is 2.16. The maximum atomic E-state index is 8.49. The van der Waals surface area contributed by atoms with E-state index in [4.69, 9.17) is 14.9 Å². The summed E-state index contributed by atoms with van der Waals surface area (Å²) in [5, 5.41) is 11.6. The Labute approximate surface area is 117 Å². The standard InChI is InChI=1S/C11H13N3S.2CH2O/c1-3-9-5-4-6-10(7-9)14-11(15-2)13-8-12;2*1-2/h4-7H,3H2,1-2H3,(H,13,14);2*1H2. The number of nitrogens with zero attached hydrogens (tertiary/aromatic N) is 2. The average molecular weight is 279 g/mol. The Kier molecular flexibility index (Phi) is 14.1. The van der Waals surface area contributed by atoms with Gasteiger partial charge in [-0.1, -0.05) is 30.8 Å². The monoisotopic (exact) mass is 279 g/mol. The fourth-order valence-corrected chi connectivity index (χ4v) is 1.48. The smallest absolute Gasteiger partial charge is 0.183 e. The number of hydrogen-bond donors (Lipinski definition) is 1. The summed E-state index contributed by atoms with van der Waals surface area (Å²) < 4.78 is 0. The Morgan fingerprint density at radius 1 is 1.42 bits per heavy atom. The van der Waals surface area contributed by atoms with Crippen LogP contribution in [0.25, 0.3) is 0 Å². The number of aliphatic imine (C=N–C) groups is 1. The second kappa shape index (κ2) is 13.9. The third-order valence-corrected chi connectivity index (χ3v) is 2.49. The predicted octanol–water partition coefficient (Wildman–Crippen LogP) is 2.30. The lowest BCUT2D eigenvalue weighted by molar-refractivity contribution is -0.0987. The van der Waals surface area contributed by atoms with Gasteiger partial charge in [-0.25, -0.2) is 4.99 Å². The molecule has 0 saturated carbocycles. The minimum Gasteiger partial charge on any atom is -0.307 e. The van der Waals surface area contributed by atoms with Crippen molar-refractivity contribution in [3.8, 4) is 6.19 Å². The molecule has 1 aromatic rings. The molecule has 0 atom stereocenters. The van der Waals surface area contributed by atoms with Crippen LogP contribution < -0.4 is 5.32 Å². The third kappa shape index (κ3) is 8.57. The molecule has 0 aliphatic heterocycles. The average Bonchev–Trinajstić information content (AvgIpc) is 2.51. The van der Waals surface area contributed by atoms with Crippen LogP contribution in [0.5, 0.6) is 0 Å². The summed E-state index contributed by atoms with van der Waals surface area (Å²) in [7, 11) is 0. The number of aryl methyl sites for hydroxylation is 1. The molecule has 5 nitrogen and oxygen atoms in total. The van der Waals surface area contributed by atoms with Gasteiger partial charge >= 0.3 is 0 Å². The molecule has 6 heteroatoms. The van der Waals surface area contributed by atoms with Crippen molar-refractivity contribution in [1.29, 1.82) is 5.26 Å². The Morgan fingerprint density at radius 2 is 2.05 bits per heavy atom. The molecule has 1 rings (SSSR count). The molecule has 0 fully saturated rings. The van der Waals surface area contributed by atoms with Gasteiger partial charge in [0.2, 0.25) is 0 Å². The van der Waals surface area contributed by atoms with Crippen molar-refractivity contribution in [3.63, 3.8) is 0 Å². The van der Waals surface area contributed by atoms with E-state index in [1.807, 2.05) is 44.2 Å². The molecule has 1 N–H and O–H groups in total. The zero-order chi connectivity index (χ0) is 15.1. The van der Waals surface area contributed by atoms with E-state index in [9.17, 15) is 0 Å². The van der Waals surface area contributed by atoms with Crippen LogP contribution in [0.2, 0.25) is 0 Å². The topological polar surface area (TPSA) is 82.3 Å². The number of nitriles is 1. The molecule has 0 heterocycles. The molecule has 0 aromatic heterocycles. The second-order valence-corrected chi connectivity index (χ2v) is 3.68. The van der Waals surface area contributed by atoms with Gasteiger partial charge in [-0.2, -0.15) is 5.26 Å². The van der Waals surface area contributed by atoms with E-state index in [1.165, 1.54) is 17.3 Å². The van der Waals surface area contributed by atoms with E-state index in [0.717, 1.165) is 12.1 Å². The molecule has 0 amide bonds. The first-order chi connectivity index (χ1) is 9.30. The highest BCUT2D eigenvalue weighted by atomic mass is 32.2. The quantitative estimate of drug-likeness (QED) is 0.389. The van der Waals surface area contributed by atoms with Gasteiger partial charge in [0.1, 0.15) is 13.6 Å². The maximum absolute atomic E-state index is 8.49. The molecule has 0 spiro atoms.